The van der Waals surface area contributed by atoms with Crippen LogP contribution in [0.3, 0.4) is 0 Å². The fourth-order valence-corrected chi connectivity index (χ4v) is 1.06. The van der Waals surface area contributed by atoms with Crippen molar-refractivity contribution in [2.45, 2.75) is 46.5 Å². The van der Waals surface area contributed by atoms with Gasteiger partial charge in [-0.15, -0.1) is 0 Å². The van der Waals surface area contributed by atoms with Crippen LogP contribution in [-0.2, 0) is 9.53 Å². The highest BCUT2D eigenvalue weighted by Gasteiger charge is 1.95. The molecule has 0 aliphatic carbocycles. The van der Waals surface area contributed by atoms with E-state index < -0.39 is 0 Å². The summed E-state index contributed by atoms with van der Waals surface area (Å²) in [6.07, 6.45) is 6.79. The Morgan fingerprint density at radius 1 is 1.17 bits per heavy atom. The number of carbonyl (C=O) groups excluding carboxylic acids is 1. The molecule has 0 aliphatic rings. The molecule has 1 amide bonds. The van der Waals surface area contributed by atoms with Crippen molar-refractivity contribution < 1.29 is 9.53 Å². The largest absolute Gasteiger partial charge is 0.494 e. The Bertz CT molecular complexity index is 280. The molecule has 0 atom stereocenters. The van der Waals surface area contributed by atoms with Crippen LogP contribution in [0, 0.1) is 0 Å². The SMILES string of the molecule is C=C(C)/C=C\C(=C)OCCCCCC(N)=O.CC. The Labute approximate surface area is 111 Å². The highest BCUT2D eigenvalue weighted by molar-refractivity contribution is 5.73. The van der Waals surface area contributed by atoms with E-state index in [4.69, 9.17) is 10.5 Å². The average Bonchev–Trinajstić information content (AvgIpc) is 2.33. The molecule has 3 nitrogen and oxygen atoms in total. The predicted octanol–water partition coefficient (Wildman–Crippen LogP) is 3.72. The molecule has 18 heavy (non-hydrogen) atoms. The number of ether oxygens (including phenoxy) is 1. The van der Waals surface area contributed by atoms with Gasteiger partial charge in [-0.05, 0) is 32.3 Å². The van der Waals surface area contributed by atoms with Crippen LogP contribution in [0.4, 0.5) is 0 Å². The molecule has 104 valence electrons. The summed E-state index contributed by atoms with van der Waals surface area (Å²) in [6, 6.07) is 0. The molecule has 0 aromatic heterocycles. The first kappa shape index (κ1) is 18.8. The first-order valence-corrected chi connectivity index (χ1v) is 6.46. The van der Waals surface area contributed by atoms with Gasteiger partial charge >= 0.3 is 0 Å². The van der Waals surface area contributed by atoms with E-state index in [1.807, 2.05) is 26.8 Å². The van der Waals surface area contributed by atoms with Gasteiger partial charge in [0.05, 0.1) is 6.61 Å². The molecule has 0 aromatic carbocycles. The number of carbonyl (C=O) groups is 1. The Morgan fingerprint density at radius 3 is 2.28 bits per heavy atom. The van der Waals surface area contributed by atoms with Crippen molar-refractivity contribution in [3.8, 4) is 0 Å². The standard InChI is InChI=1S/C13H21NO2.C2H6/c1-11(2)8-9-12(3)16-10-6-4-5-7-13(14)15;1-2/h8-9H,1,3-7,10H2,2H3,(H2,14,15);1-2H3/b9-8-;. The molecule has 0 heterocycles. The third-order valence-corrected chi connectivity index (χ3v) is 1.91. The summed E-state index contributed by atoms with van der Waals surface area (Å²) in [5.41, 5.74) is 5.99. The minimum atomic E-state index is -0.241. The van der Waals surface area contributed by atoms with E-state index in [1.165, 1.54) is 0 Å². The lowest BCUT2D eigenvalue weighted by Gasteiger charge is -2.04. The van der Waals surface area contributed by atoms with Crippen molar-refractivity contribution in [2.75, 3.05) is 6.61 Å². The van der Waals surface area contributed by atoms with Gasteiger partial charge in [-0.3, -0.25) is 4.79 Å². The van der Waals surface area contributed by atoms with Gasteiger partial charge in [0.2, 0.25) is 5.91 Å². The molecule has 0 fully saturated rings. The fourth-order valence-electron chi connectivity index (χ4n) is 1.06. The molecular formula is C15H27NO2. The monoisotopic (exact) mass is 253 g/mol. The maximum absolute atomic E-state index is 10.4. The van der Waals surface area contributed by atoms with Crippen LogP contribution in [0.1, 0.15) is 46.5 Å². The van der Waals surface area contributed by atoms with Gasteiger partial charge in [0.1, 0.15) is 5.76 Å². The number of amides is 1. The highest BCUT2D eigenvalue weighted by Crippen LogP contribution is 2.04. The Balaban J connectivity index is 0. The molecule has 0 spiro atoms. The number of hydrogen-bond donors (Lipinski definition) is 1. The Morgan fingerprint density at radius 2 is 1.78 bits per heavy atom. The first-order valence-electron chi connectivity index (χ1n) is 6.46. The van der Waals surface area contributed by atoms with E-state index in [1.54, 1.807) is 6.08 Å². The quantitative estimate of drug-likeness (QED) is 0.387. The zero-order valence-electron chi connectivity index (χ0n) is 12.0. The van der Waals surface area contributed by atoms with Gasteiger partial charge in [-0.25, -0.2) is 0 Å². The fraction of sp³-hybridized carbons (Fsp3) is 0.533. The van der Waals surface area contributed by atoms with Crippen molar-refractivity contribution in [3.63, 3.8) is 0 Å². The van der Waals surface area contributed by atoms with Crippen molar-refractivity contribution in [1.29, 1.82) is 0 Å². The summed E-state index contributed by atoms with van der Waals surface area (Å²) < 4.78 is 5.36. The van der Waals surface area contributed by atoms with Crippen LogP contribution < -0.4 is 5.73 Å². The number of unbranched alkanes of at least 4 members (excludes halogenated alkanes) is 2. The molecule has 0 bridgehead atoms. The van der Waals surface area contributed by atoms with Crippen molar-refractivity contribution in [1.82, 2.24) is 0 Å². The minimum absolute atomic E-state index is 0.241. The molecule has 0 aromatic rings. The highest BCUT2D eigenvalue weighted by atomic mass is 16.5. The third-order valence-electron chi connectivity index (χ3n) is 1.91. The van der Waals surface area contributed by atoms with Gasteiger partial charge < -0.3 is 10.5 Å². The minimum Gasteiger partial charge on any atom is -0.494 e. The van der Waals surface area contributed by atoms with Crippen molar-refractivity contribution in [2.24, 2.45) is 5.73 Å². The maximum Gasteiger partial charge on any atom is 0.217 e. The van der Waals surface area contributed by atoms with Gasteiger partial charge in [0, 0.05) is 6.42 Å². The number of rotatable bonds is 9. The summed E-state index contributed by atoms with van der Waals surface area (Å²) in [4.78, 5) is 10.4. The van der Waals surface area contributed by atoms with Gasteiger partial charge in [-0.2, -0.15) is 0 Å². The van der Waals surface area contributed by atoms with E-state index in [9.17, 15) is 4.79 Å². The number of primary amides is 1. The van der Waals surface area contributed by atoms with E-state index in [0.29, 0.717) is 18.8 Å². The summed E-state index contributed by atoms with van der Waals surface area (Å²) in [7, 11) is 0. The van der Waals surface area contributed by atoms with Crippen molar-refractivity contribution >= 4 is 5.91 Å². The van der Waals surface area contributed by atoms with Crippen molar-refractivity contribution in [3.05, 3.63) is 36.6 Å². The molecule has 0 saturated heterocycles. The lowest BCUT2D eigenvalue weighted by Crippen LogP contribution is -2.09. The summed E-state index contributed by atoms with van der Waals surface area (Å²) in [5, 5.41) is 0. The normalized spacial score (nSPS) is 9.50. The number of nitrogens with two attached hydrogens (primary N) is 1. The van der Waals surface area contributed by atoms with Crippen LogP contribution >= 0.6 is 0 Å². The molecule has 3 heteroatoms. The molecule has 0 aliphatic heterocycles. The summed E-state index contributed by atoms with van der Waals surface area (Å²) >= 11 is 0. The first-order chi connectivity index (χ1) is 8.52. The van der Waals surface area contributed by atoms with Gasteiger partial charge in [-0.1, -0.05) is 38.7 Å². The van der Waals surface area contributed by atoms with Crippen LogP contribution in [0.2, 0.25) is 0 Å². The molecular weight excluding hydrogens is 226 g/mol. The van der Waals surface area contributed by atoms with E-state index in [0.717, 1.165) is 24.8 Å². The lowest BCUT2D eigenvalue weighted by atomic mass is 10.2. The van der Waals surface area contributed by atoms with Crippen LogP contribution in [0.15, 0.2) is 36.6 Å². The second kappa shape index (κ2) is 13.6. The number of allylic oxidation sites excluding steroid dienone is 3. The van der Waals surface area contributed by atoms with E-state index in [-0.39, 0.29) is 5.91 Å². The molecule has 0 rings (SSSR count). The van der Waals surface area contributed by atoms with Crippen LogP contribution in [-0.4, -0.2) is 12.5 Å². The summed E-state index contributed by atoms with van der Waals surface area (Å²) in [6.45, 7) is 14.0. The lowest BCUT2D eigenvalue weighted by molar-refractivity contribution is -0.118. The average molecular weight is 253 g/mol. The van der Waals surface area contributed by atoms with Crippen LogP contribution in [0.5, 0.6) is 0 Å². The second-order valence-corrected chi connectivity index (χ2v) is 3.77. The maximum atomic E-state index is 10.4. The van der Waals surface area contributed by atoms with Gasteiger partial charge in [0.15, 0.2) is 0 Å². The zero-order chi connectivity index (χ0) is 14.4. The second-order valence-electron chi connectivity index (χ2n) is 3.77. The molecule has 0 saturated carbocycles. The molecule has 2 N–H and O–H groups in total. The molecule has 0 radical (unpaired) electrons. The third kappa shape index (κ3) is 16.9. The van der Waals surface area contributed by atoms with Gasteiger partial charge in [0.25, 0.3) is 0 Å². The zero-order valence-corrected chi connectivity index (χ0v) is 12.0. The predicted molar refractivity (Wildman–Crippen MR) is 78.1 cm³/mol. The van der Waals surface area contributed by atoms with E-state index in [2.05, 4.69) is 13.2 Å². The molecule has 0 unspecified atom stereocenters. The van der Waals surface area contributed by atoms with E-state index >= 15 is 0 Å². The Hall–Kier alpha value is -1.51. The Kier molecular flexibility index (Phi) is 14.2. The summed E-state index contributed by atoms with van der Waals surface area (Å²) in [5.74, 6) is 0.396. The smallest absolute Gasteiger partial charge is 0.217 e. The topological polar surface area (TPSA) is 52.3 Å². The van der Waals surface area contributed by atoms with Crippen LogP contribution in [0.25, 0.3) is 0 Å². The number of hydrogen-bond acceptors (Lipinski definition) is 2.